The van der Waals surface area contributed by atoms with Gasteiger partial charge in [-0.05, 0) is 12.7 Å². The quantitative estimate of drug-likeness (QED) is 0.325. The molecule has 0 aliphatic heterocycles. The third kappa shape index (κ3) is 3.42. The Labute approximate surface area is 126 Å². The molecule has 0 radical (unpaired) electrons. The van der Waals surface area contributed by atoms with Crippen molar-refractivity contribution in [3.05, 3.63) is 6.33 Å². The Balaban J connectivity index is 2.25. The zero-order valence-corrected chi connectivity index (χ0v) is 12.8. The van der Waals surface area contributed by atoms with E-state index in [9.17, 15) is 4.79 Å². The second kappa shape index (κ2) is 7.23. The Bertz CT molecular complexity index is 629. The number of thioether (sulfide) groups is 1. The molecule has 0 spiro atoms. The van der Waals surface area contributed by atoms with Crippen LogP contribution in [0.1, 0.15) is 26.2 Å². The highest BCUT2D eigenvalue weighted by molar-refractivity contribution is 7.98. The zero-order valence-electron chi connectivity index (χ0n) is 12.0. The molecule has 2 aromatic rings. The van der Waals surface area contributed by atoms with Gasteiger partial charge in [0.1, 0.15) is 6.33 Å². The Morgan fingerprint density at radius 1 is 1.43 bits per heavy atom. The summed E-state index contributed by atoms with van der Waals surface area (Å²) in [6, 6.07) is -0.289. The molecule has 2 heterocycles. The van der Waals surface area contributed by atoms with Crippen molar-refractivity contribution in [3.63, 3.8) is 0 Å². The van der Waals surface area contributed by atoms with Gasteiger partial charge in [0.15, 0.2) is 22.1 Å². The normalized spacial score (nSPS) is 10.8. The number of rotatable bonds is 6. The summed E-state index contributed by atoms with van der Waals surface area (Å²) >= 11 is 1.32. The maximum absolute atomic E-state index is 12.1. The summed E-state index contributed by atoms with van der Waals surface area (Å²) in [6.45, 7) is 2.72. The standard InChI is InChI=1S/C12H18N6O2S/c1-3-4-5-6-13-12(19)18-7-14-8-9(17-20)15-11(21-2)16-10(8)18/h7,20H,3-6H2,1-2H3,(H,13,19)(H,15,16,17). The molecule has 0 unspecified atom stereocenters. The van der Waals surface area contributed by atoms with Gasteiger partial charge in [0.25, 0.3) is 0 Å². The van der Waals surface area contributed by atoms with Crippen molar-refractivity contribution in [2.75, 3.05) is 18.3 Å². The highest BCUT2D eigenvalue weighted by Gasteiger charge is 2.16. The molecule has 2 aromatic heterocycles. The number of aromatic nitrogens is 4. The predicted molar refractivity (Wildman–Crippen MR) is 80.8 cm³/mol. The summed E-state index contributed by atoms with van der Waals surface area (Å²) in [7, 11) is 0. The summed E-state index contributed by atoms with van der Waals surface area (Å²) in [5.41, 5.74) is 2.69. The van der Waals surface area contributed by atoms with Crippen molar-refractivity contribution in [2.45, 2.75) is 31.3 Å². The lowest BCUT2D eigenvalue weighted by Gasteiger charge is -2.06. The lowest BCUT2D eigenvalue weighted by Crippen LogP contribution is -2.29. The van der Waals surface area contributed by atoms with Crippen LogP contribution in [0.3, 0.4) is 0 Å². The van der Waals surface area contributed by atoms with E-state index in [1.165, 1.54) is 22.7 Å². The van der Waals surface area contributed by atoms with Crippen LogP contribution in [0.2, 0.25) is 0 Å². The second-order valence-electron chi connectivity index (χ2n) is 4.40. The summed E-state index contributed by atoms with van der Waals surface area (Å²) in [6.07, 6.45) is 6.29. The van der Waals surface area contributed by atoms with Crippen LogP contribution < -0.4 is 10.8 Å². The number of fused-ring (bicyclic) bond motifs is 1. The monoisotopic (exact) mass is 310 g/mol. The summed E-state index contributed by atoms with van der Waals surface area (Å²) < 4.78 is 1.32. The largest absolute Gasteiger partial charge is 0.337 e. The van der Waals surface area contributed by atoms with E-state index in [2.05, 4.69) is 27.2 Å². The first-order valence-electron chi connectivity index (χ1n) is 6.68. The lowest BCUT2D eigenvalue weighted by atomic mass is 10.2. The molecule has 0 saturated heterocycles. The smallest absolute Gasteiger partial charge is 0.328 e. The Kier molecular flexibility index (Phi) is 5.34. The first-order valence-corrected chi connectivity index (χ1v) is 7.91. The molecule has 3 N–H and O–H groups in total. The van der Waals surface area contributed by atoms with Gasteiger partial charge in [0.2, 0.25) is 0 Å². The van der Waals surface area contributed by atoms with Gasteiger partial charge in [-0.2, -0.15) is 0 Å². The molecule has 21 heavy (non-hydrogen) atoms. The van der Waals surface area contributed by atoms with Crippen LogP contribution in [0.5, 0.6) is 0 Å². The molecular weight excluding hydrogens is 292 g/mol. The Morgan fingerprint density at radius 2 is 2.24 bits per heavy atom. The van der Waals surface area contributed by atoms with Crippen LogP contribution in [0, 0.1) is 0 Å². The average Bonchev–Trinajstić information content (AvgIpc) is 2.94. The van der Waals surface area contributed by atoms with E-state index in [4.69, 9.17) is 5.21 Å². The number of amides is 1. The van der Waals surface area contributed by atoms with E-state index in [0.717, 1.165) is 19.3 Å². The predicted octanol–water partition coefficient (Wildman–Crippen LogP) is 2.10. The Morgan fingerprint density at radius 3 is 2.90 bits per heavy atom. The molecule has 0 aliphatic carbocycles. The van der Waals surface area contributed by atoms with Gasteiger partial charge < -0.3 is 5.32 Å². The number of carbonyl (C=O) groups is 1. The van der Waals surface area contributed by atoms with Crippen LogP contribution in [0.15, 0.2) is 11.5 Å². The number of unbranched alkanes of at least 4 members (excludes halogenated alkanes) is 2. The minimum atomic E-state index is -0.289. The van der Waals surface area contributed by atoms with Crippen LogP contribution in [0.4, 0.5) is 10.6 Å². The first-order chi connectivity index (χ1) is 10.2. The van der Waals surface area contributed by atoms with Gasteiger partial charge in [-0.15, -0.1) is 0 Å². The van der Waals surface area contributed by atoms with Gasteiger partial charge in [-0.1, -0.05) is 31.5 Å². The topological polar surface area (TPSA) is 105 Å². The van der Waals surface area contributed by atoms with Crippen LogP contribution in [0.25, 0.3) is 11.2 Å². The number of carbonyl (C=O) groups excluding carboxylic acids is 1. The van der Waals surface area contributed by atoms with Crippen molar-refractivity contribution >= 4 is 34.8 Å². The van der Waals surface area contributed by atoms with Crippen molar-refractivity contribution in [3.8, 4) is 0 Å². The molecule has 0 aromatic carbocycles. The molecule has 0 atom stereocenters. The second-order valence-corrected chi connectivity index (χ2v) is 5.17. The number of nitrogens with zero attached hydrogens (tertiary/aromatic N) is 4. The van der Waals surface area contributed by atoms with E-state index in [1.54, 1.807) is 0 Å². The first kappa shape index (κ1) is 15.5. The van der Waals surface area contributed by atoms with Crippen LogP contribution in [-0.4, -0.2) is 43.6 Å². The molecule has 9 heteroatoms. The van der Waals surface area contributed by atoms with Crippen LogP contribution >= 0.6 is 11.8 Å². The molecule has 0 saturated carbocycles. The van der Waals surface area contributed by atoms with Crippen molar-refractivity contribution in [2.24, 2.45) is 0 Å². The third-order valence-corrected chi connectivity index (χ3v) is 3.49. The zero-order chi connectivity index (χ0) is 15.2. The summed E-state index contributed by atoms with van der Waals surface area (Å²) in [5.74, 6) is 0.182. The molecule has 1 amide bonds. The third-order valence-electron chi connectivity index (χ3n) is 2.94. The highest BCUT2D eigenvalue weighted by atomic mass is 32.2. The SMILES string of the molecule is CCCCCNC(=O)n1cnc2c(NO)nc(SC)nc21. The number of anilines is 1. The molecule has 0 fully saturated rings. The fourth-order valence-corrected chi connectivity index (χ4v) is 2.21. The molecule has 114 valence electrons. The van der Waals surface area contributed by atoms with Gasteiger partial charge in [0, 0.05) is 6.54 Å². The van der Waals surface area contributed by atoms with Crippen molar-refractivity contribution in [1.29, 1.82) is 0 Å². The molecule has 8 nitrogen and oxygen atoms in total. The van der Waals surface area contributed by atoms with E-state index in [-0.39, 0.29) is 11.8 Å². The van der Waals surface area contributed by atoms with E-state index in [1.807, 2.05) is 11.7 Å². The van der Waals surface area contributed by atoms with Gasteiger partial charge in [0.05, 0.1) is 0 Å². The maximum Gasteiger partial charge on any atom is 0.328 e. The molecule has 0 bridgehead atoms. The van der Waals surface area contributed by atoms with Gasteiger partial charge in [-0.3, -0.25) is 10.7 Å². The average molecular weight is 310 g/mol. The van der Waals surface area contributed by atoms with Crippen molar-refractivity contribution < 1.29 is 10.0 Å². The number of nitrogens with one attached hydrogen (secondary N) is 2. The molecular formula is C12H18N6O2S. The van der Waals surface area contributed by atoms with Gasteiger partial charge in [-0.25, -0.2) is 24.3 Å². The Hall–Kier alpha value is -1.87. The van der Waals surface area contributed by atoms with Crippen molar-refractivity contribution in [1.82, 2.24) is 24.8 Å². The van der Waals surface area contributed by atoms with E-state index < -0.39 is 0 Å². The molecule has 0 aliphatic rings. The minimum Gasteiger partial charge on any atom is -0.337 e. The fraction of sp³-hybridized carbons (Fsp3) is 0.500. The van der Waals surface area contributed by atoms with Crippen LogP contribution in [-0.2, 0) is 0 Å². The van der Waals surface area contributed by atoms with Gasteiger partial charge >= 0.3 is 6.03 Å². The maximum atomic E-state index is 12.1. The fourth-order valence-electron chi connectivity index (χ4n) is 1.85. The van der Waals surface area contributed by atoms with E-state index >= 15 is 0 Å². The number of hydrogen-bond acceptors (Lipinski definition) is 7. The minimum absolute atomic E-state index is 0.182. The highest BCUT2D eigenvalue weighted by Crippen LogP contribution is 2.21. The van der Waals surface area contributed by atoms with E-state index in [0.29, 0.717) is 22.9 Å². The number of imidazole rings is 1. The summed E-state index contributed by atoms with van der Waals surface area (Å²) in [5, 5.41) is 12.4. The molecule has 2 rings (SSSR count). The number of hydrogen-bond donors (Lipinski definition) is 3. The summed E-state index contributed by atoms with van der Waals surface area (Å²) in [4.78, 5) is 24.6. The lowest BCUT2D eigenvalue weighted by molar-refractivity contribution is 0.243.